The molecule has 0 aliphatic carbocycles. The molecule has 0 heterocycles. The van der Waals surface area contributed by atoms with Crippen LogP contribution in [0.3, 0.4) is 0 Å². The lowest BCUT2D eigenvalue weighted by Crippen LogP contribution is -1.99. The molecule has 0 bridgehead atoms. The summed E-state index contributed by atoms with van der Waals surface area (Å²) in [5.41, 5.74) is 0.937. The van der Waals surface area contributed by atoms with Gasteiger partial charge in [-0.1, -0.05) is 0 Å². The predicted molar refractivity (Wildman–Crippen MR) is 81.0 cm³/mol. The second-order valence-corrected chi connectivity index (χ2v) is 5.62. The highest BCUT2D eigenvalue weighted by Crippen LogP contribution is 2.32. The van der Waals surface area contributed by atoms with Gasteiger partial charge >= 0.3 is 0 Å². The predicted octanol–water partition coefficient (Wildman–Crippen LogP) is 4.58. The van der Waals surface area contributed by atoms with Crippen molar-refractivity contribution in [3.05, 3.63) is 56.9 Å². The molecule has 0 amide bonds. The third-order valence-electron chi connectivity index (χ3n) is 2.78. The molecule has 0 aromatic heterocycles. The first-order valence-corrected chi connectivity index (χ1v) is 6.97. The molecule has 100 valence electrons. The molecule has 0 fully saturated rings. The van der Waals surface area contributed by atoms with Gasteiger partial charge in [-0.3, -0.25) is 0 Å². The van der Waals surface area contributed by atoms with Gasteiger partial charge < -0.3 is 9.84 Å². The second kappa shape index (κ2) is 5.88. The lowest BCUT2D eigenvalue weighted by atomic mass is 10.1. The van der Waals surface area contributed by atoms with Gasteiger partial charge in [-0.15, -0.1) is 0 Å². The second-order valence-electron chi connectivity index (χ2n) is 4.37. The molecule has 1 N–H and O–H groups in total. The van der Waals surface area contributed by atoms with Crippen molar-refractivity contribution in [1.82, 2.24) is 0 Å². The Bertz CT molecular complexity index is 579. The zero-order valence-corrected chi connectivity index (χ0v) is 12.8. The highest BCUT2D eigenvalue weighted by atomic mass is 127. The maximum Gasteiger partial charge on any atom is 0.133 e. The van der Waals surface area contributed by atoms with Crippen molar-refractivity contribution in [2.45, 2.75) is 20.0 Å². The summed E-state index contributed by atoms with van der Waals surface area (Å²) in [4.78, 5) is 0. The average Bonchev–Trinajstić information content (AvgIpc) is 2.36. The Morgan fingerprint density at radius 3 is 2.42 bits per heavy atom. The van der Waals surface area contributed by atoms with E-state index >= 15 is 0 Å². The van der Waals surface area contributed by atoms with E-state index in [0.29, 0.717) is 22.6 Å². The third kappa shape index (κ3) is 3.45. The number of rotatable bonds is 3. The Hall–Kier alpha value is -1.14. The molecule has 0 radical (unpaired) electrons. The average molecular weight is 372 g/mol. The Labute approximate surface area is 125 Å². The zero-order valence-electron chi connectivity index (χ0n) is 10.7. The number of aliphatic hydroxyl groups excluding tert-OH is 1. The summed E-state index contributed by atoms with van der Waals surface area (Å²) in [6.45, 7) is 3.26. The summed E-state index contributed by atoms with van der Waals surface area (Å²) in [6.07, 6.45) is -0.783. The summed E-state index contributed by atoms with van der Waals surface area (Å²) < 4.78 is 20.4. The number of hydrogen-bond acceptors (Lipinski definition) is 2. The van der Waals surface area contributed by atoms with Gasteiger partial charge in [-0.05, 0) is 78.4 Å². The Morgan fingerprint density at radius 1 is 1.21 bits per heavy atom. The minimum Gasteiger partial charge on any atom is -0.457 e. The molecule has 0 unspecified atom stereocenters. The molecule has 0 saturated heterocycles. The van der Waals surface area contributed by atoms with Crippen molar-refractivity contribution in [3.8, 4) is 11.5 Å². The summed E-state index contributed by atoms with van der Waals surface area (Å²) in [5.74, 6) is 0.800. The van der Waals surface area contributed by atoms with Crippen LogP contribution in [0, 0.1) is 16.3 Å². The number of aryl methyl sites for hydroxylation is 1. The van der Waals surface area contributed by atoms with Crippen LogP contribution < -0.4 is 4.74 Å². The highest BCUT2D eigenvalue weighted by Gasteiger charge is 2.13. The molecule has 2 nitrogen and oxygen atoms in total. The van der Waals surface area contributed by atoms with Crippen LogP contribution in [0.25, 0.3) is 0 Å². The minimum absolute atomic E-state index is 0.342. The first-order valence-electron chi connectivity index (χ1n) is 5.89. The van der Waals surface area contributed by atoms with Crippen LogP contribution in [0.1, 0.15) is 24.2 Å². The van der Waals surface area contributed by atoms with E-state index in [1.54, 1.807) is 19.9 Å². The fraction of sp³-hybridized carbons (Fsp3) is 0.200. The fourth-order valence-electron chi connectivity index (χ4n) is 1.71. The number of ether oxygens (including phenoxy) is 1. The normalized spacial score (nSPS) is 12.3. The number of aliphatic hydroxyl groups is 1. The number of halogens is 2. The van der Waals surface area contributed by atoms with E-state index in [4.69, 9.17) is 4.74 Å². The topological polar surface area (TPSA) is 29.5 Å². The molecule has 19 heavy (non-hydrogen) atoms. The molecule has 4 heteroatoms. The largest absolute Gasteiger partial charge is 0.457 e. The smallest absolute Gasteiger partial charge is 0.133 e. The van der Waals surface area contributed by atoms with Crippen LogP contribution in [0.4, 0.5) is 4.39 Å². The van der Waals surface area contributed by atoms with Crippen LogP contribution in [0.2, 0.25) is 0 Å². The molecular formula is C15H14FIO2. The van der Waals surface area contributed by atoms with Crippen molar-refractivity contribution >= 4 is 22.6 Å². The van der Waals surface area contributed by atoms with Crippen LogP contribution >= 0.6 is 22.6 Å². The van der Waals surface area contributed by atoms with Crippen molar-refractivity contribution in [2.24, 2.45) is 0 Å². The first-order chi connectivity index (χ1) is 8.97. The monoisotopic (exact) mass is 372 g/mol. The van der Waals surface area contributed by atoms with Crippen molar-refractivity contribution in [3.63, 3.8) is 0 Å². The molecular weight excluding hydrogens is 358 g/mol. The van der Waals surface area contributed by atoms with E-state index < -0.39 is 6.10 Å². The summed E-state index contributed by atoms with van der Waals surface area (Å²) in [7, 11) is 0. The van der Waals surface area contributed by atoms with Gasteiger partial charge in [0.15, 0.2) is 0 Å². The Kier molecular flexibility index (Phi) is 4.42. The summed E-state index contributed by atoms with van der Waals surface area (Å²) >= 11 is 2.21. The van der Waals surface area contributed by atoms with Gasteiger partial charge in [-0.25, -0.2) is 4.39 Å². The molecule has 0 aliphatic rings. The maximum absolute atomic E-state index is 13.5. The fourth-order valence-corrected chi connectivity index (χ4v) is 2.07. The lowest BCUT2D eigenvalue weighted by Gasteiger charge is -2.14. The third-order valence-corrected chi connectivity index (χ3v) is 3.50. The van der Waals surface area contributed by atoms with Crippen molar-refractivity contribution < 1.29 is 14.2 Å². The van der Waals surface area contributed by atoms with Crippen molar-refractivity contribution in [1.29, 1.82) is 0 Å². The summed E-state index contributed by atoms with van der Waals surface area (Å²) in [6, 6.07) is 10.5. The lowest BCUT2D eigenvalue weighted by molar-refractivity contribution is 0.195. The Balaban J connectivity index is 2.38. The quantitative estimate of drug-likeness (QED) is 0.799. The molecule has 2 aromatic rings. The zero-order chi connectivity index (χ0) is 14.0. The number of hydrogen-bond donors (Lipinski definition) is 1. The standard InChI is InChI=1S/C15H14FIO2/c1-9-7-15(13(10(2)18)8-14(9)16)19-12-5-3-11(17)4-6-12/h3-8,10,18H,1-2H3/t10-/m1/s1. The highest BCUT2D eigenvalue weighted by molar-refractivity contribution is 14.1. The van der Waals surface area contributed by atoms with E-state index in [-0.39, 0.29) is 5.82 Å². The van der Waals surface area contributed by atoms with Crippen molar-refractivity contribution in [2.75, 3.05) is 0 Å². The van der Waals surface area contributed by atoms with E-state index in [1.165, 1.54) is 6.07 Å². The molecule has 0 spiro atoms. The van der Waals surface area contributed by atoms with Gasteiger partial charge in [0.05, 0.1) is 6.10 Å². The van der Waals surface area contributed by atoms with E-state index in [1.807, 2.05) is 24.3 Å². The number of benzene rings is 2. The van der Waals surface area contributed by atoms with E-state index in [0.717, 1.165) is 3.57 Å². The van der Waals surface area contributed by atoms with Crippen LogP contribution in [0.5, 0.6) is 11.5 Å². The van der Waals surface area contributed by atoms with Crippen LogP contribution in [0.15, 0.2) is 36.4 Å². The van der Waals surface area contributed by atoms with Crippen LogP contribution in [-0.4, -0.2) is 5.11 Å². The van der Waals surface area contributed by atoms with Crippen LogP contribution in [-0.2, 0) is 0 Å². The Morgan fingerprint density at radius 2 is 1.84 bits per heavy atom. The van der Waals surface area contributed by atoms with E-state index in [9.17, 15) is 9.50 Å². The molecule has 2 rings (SSSR count). The summed E-state index contributed by atoms with van der Waals surface area (Å²) in [5, 5.41) is 9.69. The van der Waals surface area contributed by atoms with Gasteiger partial charge in [0.1, 0.15) is 17.3 Å². The van der Waals surface area contributed by atoms with Gasteiger partial charge in [0, 0.05) is 9.13 Å². The molecule has 0 saturated carbocycles. The van der Waals surface area contributed by atoms with Gasteiger partial charge in [0.25, 0.3) is 0 Å². The minimum atomic E-state index is -0.783. The molecule has 0 aliphatic heterocycles. The van der Waals surface area contributed by atoms with Gasteiger partial charge in [0.2, 0.25) is 0 Å². The SMILES string of the molecule is Cc1cc(Oc2ccc(I)cc2)c([C@@H](C)O)cc1F. The van der Waals surface area contributed by atoms with Gasteiger partial charge in [-0.2, -0.15) is 0 Å². The molecule has 1 atom stereocenters. The maximum atomic E-state index is 13.5. The first kappa shape index (κ1) is 14.3. The molecule has 2 aromatic carbocycles. The van der Waals surface area contributed by atoms with E-state index in [2.05, 4.69) is 22.6 Å².